The Hall–Kier alpha value is -10.3. The number of hydrogen-bond donors (Lipinski definition) is 0. The molecular formula is C75H42N6S3. The van der Waals surface area contributed by atoms with E-state index in [1.807, 2.05) is 34.0 Å². The summed E-state index contributed by atoms with van der Waals surface area (Å²) >= 11 is 5.55. The lowest BCUT2D eigenvalue weighted by Gasteiger charge is -2.14. The van der Waals surface area contributed by atoms with Crippen molar-refractivity contribution in [2.24, 2.45) is 0 Å². The van der Waals surface area contributed by atoms with E-state index in [1.165, 1.54) is 109 Å². The minimum absolute atomic E-state index is 0.589. The van der Waals surface area contributed by atoms with Crippen LogP contribution in [-0.2, 0) is 0 Å². The number of nitrogens with zero attached hydrogens (tertiary/aromatic N) is 6. The van der Waals surface area contributed by atoms with Crippen molar-refractivity contribution in [1.82, 2.24) is 28.7 Å². The zero-order chi connectivity index (χ0) is 54.7. The number of benzene rings is 12. The van der Waals surface area contributed by atoms with Crippen molar-refractivity contribution in [2.45, 2.75) is 0 Å². The molecule has 0 radical (unpaired) electrons. The van der Waals surface area contributed by atoms with Crippen LogP contribution in [0.1, 0.15) is 0 Å². The van der Waals surface area contributed by atoms with Crippen LogP contribution in [0.15, 0.2) is 255 Å². The predicted octanol–water partition coefficient (Wildman–Crippen LogP) is 21.3. The van der Waals surface area contributed by atoms with E-state index < -0.39 is 0 Å². The van der Waals surface area contributed by atoms with Crippen molar-refractivity contribution >= 4 is 160 Å². The van der Waals surface area contributed by atoms with Gasteiger partial charge in [-0.2, -0.15) is 0 Å². The third kappa shape index (κ3) is 6.62. The van der Waals surface area contributed by atoms with Crippen LogP contribution in [-0.4, -0.2) is 28.7 Å². The fraction of sp³-hybridized carbons (Fsp3) is 0. The molecule has 0 saturated heterocycles. The topological polar surface area (TPSA) is 53.5 Å². The second-order valence-corrected chi connectivity index (χ2v) is 25.1. The summed E-state index contributed by atoms with van der Waals surface area (Å²) in [4.78, 5) is 16.6. The summed E-state index contributed by atoms with van der Waals surface area (Å²) in [5.74, 6) is 1.77. The van der Waals surface area contributed by atoms with Gasteiger partial charge < -0.3 is 13.7 Å². The van der Waals surface area contributed by atoms with E-state index in [0.29, 0.717) is 17.5 Å². The number of aromatic nitrogens is 6. The first-order valence-electron chi connectivity index (χ1n) is 28.2. The lowest BCUT2D eigenvalue weighted by molar-refractivity contribution is 1.07. The third-order valence-electron chi connectivity index (χ3n) is 17.2. The van der Waals surface area contributed by atoms with E-state index in [0.717, 1.165) is 50.3 Å². The van der Waals surface area contributed by atoms with Gasteiger partial charge in [0.25, 0.3) is 0 Å². The van der Waals surface area contributed by atoms with Crippen LogP contribution < -0.4 is 0 Å². The second-order valence-electron chi connectivity index (χ2n) is 21.8. The van der Waals surface area contributed by atoms with Crippen LogP contribution in [0.25, 0.3) is 177 Å². The summed E-state index contributed by atoms with van der Waals surface area (Å²) in [5.41, 5.74) is 12.8. The fourth-order valence-corrected chi connectivity index (χ4v) is 17.0. The molecule has 0 spiro atoms. The molecule has 0 saturated carbocycles. The molecule has 0 aliphatic heterocycles. The van der Waals surface area contributed by atoms with Crippen molar-refractivity contribution in [2.75, 3.05) is 0 Å². The quantitative estimate of drug-likeness (QED) is 0.167. The summed E-state index contributed by atoms with van der Waals surface area (Å²) in [6.45, 7) is 0. The normalized spacial score (nSPS) is 12.3. The van der Waals surface area contributed by atoms with E-state index in [2.05, 4.69) is 268 Å². The molecule has 12 aromatic carbocycles. The molecule has 6 nitrogen and oxygen atoms in total. The summed E-state index contributed by atoms with van der Waals surface area (Å²) in [5, 5.41) is 14.9. The summed E-state index contributed by atoms with van der Waals surface area (Å²) < 4.78 is 15.0. The maximum Gasteiger partial charge on any atom is 0.164 e. The van der Waals surface area contributed by atoms with E-state index in [4.69, 9.17) is 15.0 Å². The molecule has 19 aromatic rings. The largest absolute Gasteiger partial charge is 0.309 e. The van der Waals surface area contributed by atoms with Gasteiger partial charge in [0.1, 0.15) is 0 Å². The Kier molecular flexibility index (Phi) is 9.71. The SMILES string of the molecule is c1cc(-c2nc(-c3cccc(-n4c5ccccc5c5ccc6sc7ccccc7c6c54)c3)nc(-c3cccc(-n4c5ccccc5c5ccc6sc7ccccc7c6c54)c3)n2)cc(-n2c3ccccc3c3ccc4sc5ccccc5c4c32)c1. The summed E-state index contributed by atoms with van der Waals surface area (Å²) in [7, 11) is 0. The number of rotatable bonds is 6. The smallest absolute Gasteiger partial charge is 0.164 e. The van der Waals surface area contributed by atoms with Crippen molar-refractivity contribution in [3.63, 3.8) is 0 Å². The Morgan fingerprint density at radius 1 is 0.226 bits per heavy atom. The summed E-state index contributed by atoms with van der Waals surface area (Å²) in [6.07, 6.45) is 0. The molecule has 0 unspecified atom stereocenters. The van der Waals surface area contributed by atoms with Crippen molar-refractivity contribution < 1.29 is 0 Å². The number of thiophene rings is 3. The van der Waals surface area contributed by atoms with Crippen LogP contribution in [0.4, 0.5) is 0 Å². The molecule has 0 atom stereocenters. The van der Waals surface area contributed by atoms with Gasteiger partial charge in [-0.05, 0) is 91.0 Å². The highest BCUT2D eigenvalue weighted by atomic mass is 32.1. The molecule has 0 aliphatic rings. The van der Waals surface area contributed by atoms with Crippen molar-refractivity contribution in [1.29, 1.82) is 0 Å². The van der Waals surface area contributed by atoms with Gasteiger partial charge in [-0.1, -0.05) is 164 Å². The fourth-order valence-electron chi connectivity index (χ4n) is 13.7. The van der Waals surface area contributed by atoms with Gasteiger partial charge in [0, 0.05) is 127 Å². The Bertz CT molecular complexity index is 5430. The standard InChI is InChI=1S/C75H42N6S3/c1-7-28-58-49(22-1)52-34-37-64-67(55-25-4-10-31-61(55)82-64)70(52)79(58)46-19-13-16-43(40-46)73-76-74(44-17-14-20-47(41-44)80-59-29-8-2-23-50(59)53-35-38-65-68(71(53)80)56-26-5-11-32-62(56)83-65)78-75(77-73)45-18-15-21-48(42-45)81-60-30-9-3-24-51(60)54-36-39-66-69(72(54)81)57-27-6-12-33-63(57)84-66/h1-42H. The molecule has 7 heterocycles. The lowest BCUT2D eigenvalue weighted by Crippen LogP contribution is -2.02. The van der Waals surface area contributed by atoms with Gasteiger partial charge in [0.2, 0.25) is 0 Å². The zero-order valence-corrected chi connectivity index (χ0v) is 47.1. The first kappa shape index (κ1) is 46.3. The molecule has 7 aromatic heterocycles. The number of hydrogen-bond acceptors (Lipinski definition) is 6. The molecule has 84 heavy (non-hydrogen) atoms. The highest BCUT2D eigenvalue weighted by molar-refractivity contribution is 7.26. The average Bonchev–Trinajstić information content (AvgIpc) is 2.80. The number of fused-ring (bicyclic) bond motifs is 21. The molecular weight excluding hydrogens is 1080 g/mol. The number of para-hydroxylation sites is 3. The van der Waals surface area contributed by atoms with Crippen LogP contribution >= 0.6 is 34.0 Å². The van der Waals surface area contributed by atoms with Gasteiger partial charge in [-0.15, -0.1) is 34.0 Å². The van der Waals surface area contributed by atoms with Crippen LogP contribution in [0, 0.1) is 0 Å². The highest BCUT2D eigenvalue weighted by Gasteiger charge is 2.24. The summed E-state index contributed by atoms with van der Waals surface area (Å²) in [6, 6.07) is 92.9. The molecule has 0 amide bonds. The highest BCUT2D eigenvalue weighted by Crippen LogP contribution is 2.47. The van der Waals surface area contributed by atoms with Gasteiger partial charge in [-0.25, -0.2) is 15.0 Å². The molecule has 0 N–H and O–H groups in total. The second kappa shape index (κ2) is 17.6. The lowest BCUT2D eigenvalue weighted by atomic mass is 10.1. The van der Waals surface area contributed by atoms with E-state index in [-0.39, 0.29) is 0 Å². The minimum Gasteiger partial charge on any atom is -0.309 e. The molecule has 0 bridgehead atoms. The maximum absolute atomic E-state index is 5.53. The Morgan fingerprint density at radius 2 is 0.512 bits per heavy atom. The molecule has 0 aliphatic carbocycles. The van der Waals surface area contributed by atoms with Crippen molar-refractivity contribution in [3.8, 4) is 51.2 Å². The molecule has 9 heteroatoms. The van der Waals surface area contributed by atoms with Gasteiger partial charge in [-0.3, -0.25) is 0 Å². The van der Waals surface area contributed by atoms with Crippen LogP contribution in [0.3, 0.4) is 0 Å². The Balaban J connectivity index is 0.847. The third-order valence-corrected chi connectivity index (χ3v) is 20.7. The van der Waals surface area contributed by atoms with Crippen LogP contribution in [0.5, 0.6) is 0 Å². The maximum atomic E-state index is 5.53. The van der Waals surface area contributed by atoms with Gasteiger partial charge in [0.15, 0.2) is 17.5 Å². The molecule has 19 rings (SSSR count). The van der Waals surface area contributed by atoms with E-state index in [1.54, 1.807) is 0 Å². The molecule has 390 valence electrons. The van der Waals surface area contributed by atoms with E-state index in [9.17, 15) is 0 Å². The monoisotopic (exact) mass is 1120 g/mol. The first-order chi connectivity index (χ1) is 41.6. The average molecular weight is 1120 g/mol. The van der Waals surface area contributed by atoms with Gasteiger partial charge >= 0.3 is 0 Å². The molecule has 0 fully saturated rings. The Morgan fingerprint density at radius 3 is 0.833 bits per heavy atom. The van der Waals surface area contributed by atoms with Crippen molar-refractivity contribution in [3.05, 3.63) is 255 Å². The Labute approximate surface area is 491 Å². The predicted molar refractivity (Wildman–Crippen MR) is 358 cm³/mol. The first-order valence-corrected chi connectivity index (χ1v) is 30.7. The van der Waals surface area contributed by atoms with E-state index >= 15 is 0 Å². The zero-order valence-electron chi connectivity index (χ0n) is 44.7. The minimum atomic E-state index is 0.589. The van der Waals surface area contributed by atoms with Crippen LogP contribution in [0.2, 0.25) is 0 Å². The van der Waals surface area contributed by atoms with Gasteiger partial charge in [0.05, 0.1) is 33.1 Å².